The van der Waals surface area contributed by atoms with Crippen LogP contribution in [0.25, 0.3) is 55.3 Å². The topological polar surface area (TPSA) is 244 Å². The van der Waals surface area contributed by atoms with Gasteiger partial charge in [0.2, 0.25) is 11.8 Å². The number of likely N-dealkylation sites (tertiary alicyclic amines) is 1. The lowest BCUT2D eigenvalue weighted by molar-refractivity contribution is -0.142. The van der Waals surface area contributed by atoms with Gasteiger partial charge >= 0.3 is 6.01 Å². The van der Waals surface area contributed by atoms with Crippen LogP contribution >= 0.6 is 11.6 Å². The maximum atomic E-state index is 16.0. The number of benzene rings is 4. The number of aliphatic hydroxyl groups is 2. The molecular formula is C59H61ClFN13O7. The normalized spacial score (nSPS) is 20.9. The van der Waals surface area contributed by atoms with Crippen LogP contribution in [0.3, 0.4) is 0 Å². The van der Waals surface area contributed by atoms with Gasteiger partial charge in [-0.1, -0.05) is 79.2 Å². The van der Waals surface area contributed by atoms with E-state index in [2.05, 4.69) is 52.3 Å². The summed E-state index contributed by atoms with van der Waals surface area (Å²) >= 11 is 7.06. The van der Waals surface area contributed by atoms with Crippen molar-refractivity contribution in [2.45, 2.75) is 107 Å². The maximum absolute atomic E-state index is 16.0. The van der Waals surface area contributed by atoms with E-state index in [0.29, 0.717) is 76.7 Å². The number of carbonyl (C=O) groups excluding carboxylic acids is 2. The molecule has 0 spiro atoms. The highest BCUT2D eigenvalue weighted by Gasteiger charge is 2.44. The van der Waals surface area contributed by atoms with E-state index < -0.39 is 41.9 Å². The highest BCUT2D eigenvalue weighted by atomic mass is 35.5. The molecule has 5 fully saturated rings. The van der Waals surface area contributed by atoms with Crippen molar-refractivity contribution in [3.8, 4) is 45.3 Å². The Morgan fingerprint density at radius 3 is 2.44 bits per heavy atom. The zero-order chi connectivity index (χ0) is 55.5. The number of hydrogen-bond acceptors (Lipinski definition) is 16. The average molecular weight is 1120 g/mol. The summed E-state index contributed by atoms with van der Waals surface area (Å²) in [4.78, 5) is 42.7. The lowest BCUT2D eigenvalue weighted by atomic mass is 9.91. The summed E-state index contributed by atoms with van der Waals surface area (Å²) in [5.41, 5.74) is 7.61. The molecule has 0 radical (unpaired) electrons. The van der Waals surface area contributed by atoms with Crippen LogP contribution in [0.4, 0.5) is 10.2 Å². The van der Waals surface area contributed by atoms with E-state index in [0.717, 1.165) is 71.4 Å². The number of piperazine rings is 1. The molecule has 8 heterocycles. The van der Waals surface area contributed by atoms with Crippen LogP contribution in [-0.2, 0) is 20.9 Å². The van der Waals surface area contributed by atoms with E-state index in [9.17, 15) is 19.8 Å². The summed E-state index contributed by atoms with van der Waals surface area (Å²) in [6.45, 7) is 6.22. The van der Waals surface area contributed by atoms with Crippen molar-refractivity contribution in [1.82, 2.24) is 60.9 Å². The Hall–Kier alpha value is -7.69. The van der Waals surface area contributed by atoms with Crippen LogP contribution in [0.15, 0.2) is 91.5 Å². The monoisotopic (exact) mass is 1120 g/mol. The molecule has 6 atom stereocenters. The van der Waals surface area contributed by atoms with Gasteiger partial charge in [0, 0.05) is 90.1 Å². The molecule has 0 unspecified atom stereocenters. The van der Waals surface area contributed by atoms with Gasteiger partial charge in [0.25, 0.3) is 0 Å². The lowest BCUT2D eigenvalue weighted by Gasteiger charge is -2.31. The second kappa shape index (κ2) is 22.0. The molecule has 1 aliphatic carbocycles. The number of fused-ring (bicyclic) bond motifs is 4. The van der Waals surface area contributed by atoms with Crippen molar-refractivity contribution < 1.29 is 38.4 Å². The number of β-amino-alcohol motifs (C(OH)–C–C–N with tert-alkyl or cyclic N) is 1. The summed E-state index contributed by atoms with van der Waals surface area (Å²) < 4.78 is 36.9. The van der Waals surface area contributed by atoms with Gasteiger partial charge in [-0.15, -0.1) is 5.10 Å². The number of ether oxygens (including phenoxy) is 3. The number of carbonyl (C=O) groups is 2. The summed E-state index contributed by atoms with van der Waals surface area (Å²) in [7, 11) is 0. The Morgan fingerprint density at radius 1 is 0.926 bits per heavy atom. The molecular weight excluding hydrogens is 1060 g/mol. The number of anilines is 1. The fourth-order valence-corrected chi connectivity index (χ4v) is 12.4. The van der Waals surface area contributed by atoms with Gasteiger partial charge < -0.3 is 44.9 Å². The number of amides is 2. The molecule has 81 heavy (non-hydrogen) atoms. The summed E-state index contributed by atoms with van der Waals surface area (Å²) in [5.74, 6) is -0.381. The molecule has 1 saturated carbocycles. The number of aromatic amines is 1. The molecule has 2 amide bonds. The zero-order valence-corrected chi connectivity index (χ0v) is 45.5. The Morgan fingerprint density at radius 2 is 1.73 bits per heavy atom. The quantitative estimate of drug-likeness (QED) is 0.0603. The first kappa shape index (κ1) is 52.7. The van der Waals surface area contributed by atoms with Gasteiger partial charge in [-0.25, -0.2) is 9.07 Å². The van der Waals surface area contributed by atoms with Gasteiger partial charge in [-0.3, -0.25) is 14.7 Å². The van der Waals surface area contributed by atoms with Crippen LogP contribution < -0.4 is 25.0 Å². The van der Waals surface area contributed by atoms with E-state index in [1.54, 1.807) is 24.8 Å². The highest BCUT2D eigenvalue weighted by molar-refractivity contribution is 6.35. The molecule has 4 aromatic heterocycles. The first-order valence-electron chi connectivity index (χ1n) is 27.8. The number of nitrogens with one attached hydrogen (secondary N) is 3. The number of aromatic nitrogens is 9. The molecule has 8 aromatic rings. The summed E-state index contributed by atoms with van der Waals surface area (Å²) in [6.07, 6.45) is 9.86. The third-order valence-corrected chi connectivity index (χ3v) is 16.9. The fourth-order valence-electron chi connectivity index (χ4n) is 12.2. The Kier molecular flexibility index (Phi) is 14.3. The number of nitrogens with zero attached hydrogens (tertiary/aromatic N) is 10. The lowest BCUT2D eigenvalue weighted by Crippen LogP contribution is -2.50. The smallest absolute Gasteiger partial charge is 0.319 e. The van der Waals surface area contributed by atoms with E-state index in [-0.39, 0.29) is 61.2 Å². The van der Waals surface area contributed by atoms with Crippen LogP contribution in [0.5, 0.6) is 11.8 Å². The molecule has 4 saturated heterocycles. The van der Waals surface area contributed by atoms with Crippen LogP contribution in [0.1, 0.15) is 87.1 Å². The van der Waals surface area contributed by atoms with Gasteiger partial charge in [-0.2, -0.15) is 25.3 Å². The number of aliphatic hydroxyl groups excluding tert-OH is 2. The first-order valence-corrected chi connectivity index (χ1v) is 28.2. The van der Waals surface area contributed by atoms with Gasteiger partial charge in [0.1, 0.15) is 47.6 Å². The second-order valence-electron chi connectivity index (χ2n) is 22.3. The maximum Gasteiger partial charge on any atom is 0.319 e. The van der Waals surface area contributed by atoms with Gasteiger partial charge in [0.05, 0.1) is 67.3 Å². The minimum Gasteiger partial charge on any atom is -0.486 e. The summed E-state index contributed by atoms with van der Waals surface area (Å²) in [6, 6.07) is 18.6. The van der Waals surface area contributed by atoms with Crippen molar-refractivity contribution in [2.24, 2.45) is 5.92 Å². The first-order chi connectivity index (χ1) is 39.5. The van der Waals surface area contributed by atoms with E-state index in [1.165, 1.54) is 15.6 Å². The van der Waals surface area contributed by atoms with Crippen molar-refractivity contribution >= 4 is 51.0 Å². The van der Waals surface area contributed by atoms with Crippen molar-refractivity contribution in [3.05, 3.63) is 119 Å². The SMILES string of the molecule is CC(C)[C@@H](C(=O)N1C[C@H](O)C[C@H]1C(=O)N[C@@H](CO)c1ccc(-c2ccnnc2)cc1)n1cc(-c2ccc(COc3c(-c4c(Cl)c(F)cc5[nH]ncc45)c(C4CC4)cc4c(N5C[C@@H]6C[C@H]5CN6)nc(OC5CCOCC5)nc34)cc2)nn1. The van der Waals surface area contributed by atoms with E-state index in [4.69, 9.17) is 35.8 Å². The van der Waals surface area contributed by atoms with Gasteiger partial charge in [0.15, 0.2) is 5.75 Å². The van der Waals surface area contributed by atoms with Gasteiger partial charge in [-0.05, 0) is 65.5 Å². The molecule has 4 aliphatic heterocycles. The standard InChI is InChI=1S/C59H61ClFN13O7/c1-31(2)54(58(78)73-27-40(76)20-49(73)57(77)66-48(29-75)36-11-7-33(8-12-36)37-13-16-63-64-23-37)74-28-47(70-71-74)35-5-3-32(4-6-35)30-80-55-51(50-44-25-65-69-46(44)22-45(61)52(50)60)42(34-9-10-34)21-43-53(55)67-59(81-41-14-17-79-18-15-41)68-56(43)72-26-38-19-39(72)24-62-38/h3-8,11-13,16,21-23,25,28,31,34,38-41,48-49,54,62,75-76H,9-10,14-15,17-20,24,26-27,29-30H2,1-2H3,(H,65,69)(H,66,77)/t38-,39-,40+,48-,49-,54-/m0/s1. The Labute approximate surface area is 470 Å². The van der Waals surface area contributed by atoms with Crippen molar-refractivity contribution in [1.29, 1.82) is 0 Å². The number of rotatable bonds is 17. The molecule has 22 heteroatoms. The van der Waals surface area contributed by atoms with Crippen molar-refractivity contribution in [3.63, 3.8) is 0 Å². The average Bonchev–Trinajstić information content (AvgIpc) is 4.11. The van der Waals surface area contributed by atoms with Crippen LogP contribution in [0.2, 0.25) is 5.02 Å². The number of hydrogen-bond donors (Lipinski definition) is 5. The van der Waals surface area contributed by atoms with E-state index in [1.807, 2.05) is 68.4 Å². The predicted octanol–water partition coefficient (Wildman–Crippen LogP) is 7.25. The molecule has 2 bridgehead atoms. The summed E-state index contributed by atoms with van der Waals surface area (Å²) in [5, 5.41) is 53.3. The Balaban J connectivity index is 0.785. The number of halogens is 2. The molecule has 4 aromatic carbocycles. The molecule has 20 nitrogen and oxygen atoms in total. The predicted molar refractivity (Wildman–Crippen MR) is 299 cm³/mol. The Bertz CT molecular complexity index is 3630. The minimum absolute atomic E-state index is 0.0294. The van der Waals surface area contributed by atoms with Crippen LogP contribution in [0, 0.1) is 11.7 Å². The van der Waals surface area contributed by atoms with E-state index >= 15 is 4.39 Å². The number of H-pyrrole nitrogens is 1. The third-order valence-electron chi connectivity index (χ3n) is 16.5. The van der Waals surface area contributed by atoms with Crippen molar-refractivity contribution in [2.75, 3.05) is 44.4 Å². The second-order valence-corrected chi connectivity index (χ2v) is 22.7. The van der Waals surface area contributed by atoms with Crippen LogP contribution in [-0.4, -0.2) is 142 Å². The fraction of sp³-hybridized carbons (Fsp3) is 0.407. The molecule has 5 aliphatic rings. The highest BCUT2D eigenvalue weighted by Crippen LogP contribution is 2.54. The molecule has 13 rings (SSSR count). The third kappa shape index (κ3) is 10.3. The minimum atomic E-state index is -0.995. The molecule has 418 valence electrons. The zero-order valence-electron chi connectivity index (χ0n) is 44.7. The largest absolute Gasteiger partial charge is 0.486 e. The molecule has 5 N–H and O–H groups in total.